The quantitative estimate of drug-likeness (QED) is 0.764. The lowest BCUT2D eigenvalue weighted by atomic mass is 10.1. The summed E-state index contributed by atoms with van der Waals surface area (Å²) in [6.07, 6.45) is 2.61. The summed E-state index contributed by atoms with van der Waals surface area (Å²) in [6.45, 7) is 4.67. The van der Waals surface area contributed by atoms with Gasteiger partial charge in [-0.25, -0.2) is 19.4 Å². The molecule has 8 heteroatoms. The standard InChI is InChI=1S/C17H20N6O2/c1-3-15-21-16-13(5-4-8-23(16)22-15)20-17(24)19-11-6-7-12-14(9-11)25-10(2)18-12/h6-7,9,13H,3-5,8H2,1-2H3,(H2,19,20,24)/t13-/m0/s1. The normalized spacial score (nSPS) is 16.6. The Labute approximate surface area is 144 Å². The number of carbonyl (C=O) groups is 1. The molecule has 1 aliphatic rings. The number of amides is 2. The lowest BCUT2D eigenvalue weighted by molar-refractivity contribution is 0.244. The van der Waals surface area contributed by atoms with E-state index in [-0.39, 0.29) is 12.1 Å². The summed E-state index contributed by atoms with van der Waals surface area (Å²) in [5, 5.41) is 10.3. The van der Waals surface area contributed by atoms with E-state index in [4.69, 9.17) is 4.42 Å². The number of oxazole rings is 1. The molecule has 8 nitrogen and oxygen atoms in total. The van der Waals surface area contributed by atoms with Gasteiger partial charge in [0.1, 0.15) is 11.3 Å². The number of anilines is 1. The summed E-state index contributed by atoms with van der Waals surface area (Å²) >= 11 is 0. The first-order chi connectivity index (χ1) is 12.1. The fourth-order valence-electron chi connectivity index (χ4n) is 3.13. The Morgan fingerprint density at radius 2 is 2.28 bits per heavy atom. The van der Waals surface area contributed by atoms with E-state index in [1.807, 2.05) is 23.7 Å². The largest absolute Gasteiger partial charge is 0.441 e. The van der Waals surface area contributed by atoms with E-state index in [0.29, 0.717) is 17.2 Å². The van der Waals surface area contributed by atoms with E-state index in [9.17, 15) is 4.79 Å². The number of rotatable bonds is 3. The van der Waals surface area contributed by atoms with Crippen LogP contribution in [0.25, 0.3) is 11.1 Å². The Morgan fingerprint density at radius 3 is 3.12 bits per heavy atom. The SMILES string of the molecule is CCc1nc2n(n1)CCC[C@@H]2NC(=O)Nc1ccc2nc(C)oc2c1. The van der Waals surface area contributed by atoms with Gasteiger partial charge in [-0.15, -0.1) is 0 Å². The Bertz CT molecular complexity index is 929. The van der Waals surface area contributed by atoms with Gasteiger partial charge in [-0.1, -0.05) is 6.92 Å². The zero-order valence-electron chi connectivity index (χ0n) is 14.2. The summed E-state index contributed by atoms with van der Waals surface area (Å²) in [5.74, 6) is 2.25. The molecule has 0 unspecified atom stereocenters. The molecule has 3 heterocycles. The molecule has 2 aromatic heterocycles. The highest BCUT2D eigenvalue weighted by atomic mass is 16.3. The predicted molar refractivity (Wildman–Crippen MR) is 92.3 cm³/mol. The molecule has 0 spiro atoms. The number of hydrogen-bond donors (Lipinski definition) is 2. The topological polar surface area (TPSA) is 97.9 Å². The van der Waals surface area contributed by atoms with E-state index in [2.05, 4.69) is 25.7 Å². The maximum Gasteiger partial charge on any atom is 0.319 e. The van der Waals surface area contributed by atoms with Crippen LogP contribution in [0.15, 0.2) is 22.6 Å². The molecule has 1 aliphatic heterocycles. The molecule has 25 heavy (non-hydrogen) atoms. The van der Waals surface area contributed by atoms with Crippen LogP contribution < -0.4 is 10.6 Å². The zero-order chi connectivity index (χ0) is 17.4. The third kappa shape index (κ3) is 3.07. The lowest BCUT2D eigenvalue weighted by Gasteiger charge is -2.23. The second-order valence-electron chi connectivity index (χ2n) is 6.17. The molecule has 0 saturated heterocycles. The molecule has 0 radical (unpaired) electrons. The number of benzene rings is 1. The van der Waals surface area contributed by atoms with Crippen LogP contribution in [-0.4, -0.2) is 25.8 Å². The monoisotopic (exact) mass is 340 g/mol. The first-order valence-electron chi connectivity index (χ1n) is 8.50. The summed E-state index contributed by atoms with van der Waals surface area (Å²) in [5.41, 5.74) is 2.09. The fraction of sp³-hybridized carbons (Fsp3) is 0.412. The number of fused-ring (bicyclic) bond motifs is 2. The molecule has 1 atom stereocenters. The van der Waals surface area contributed by atoms with Crippen molar-refractivity contribution in [1.82, 2.24) is 25.1 Å². The lowest BCUT2D eigenvalue weighted by Crippen LogP contribution is -2.36. The zero-order valence-corrected chi connectivity index (χ0v) is 14.2. The molecular weight excluding hydrogens is 320 g/mol. The number of nitrogens with zero attached hydrogens (tertiary/aromatic N) is 4. The van der Waals surface area contributed by atoms with E-state index in [1.54, 1.807) is 13.0 Å². The first-order valence-corrected chi connectivity index (χ1v) is 8.50. The Balaban J connectivity index is 1.47. The Kier molecular flexibility index (Phi) is 3.87. The molecular formula is C17H20N6O2. The maximum absolute atomic E-state index is 12.4. The molecule has 3 aromatic rings. The minimum atomic E-state index is -0.268. The predicted octanol–water partition coefficient (Wildman–Crippen LogP) is 2.95. The first kappa shape index (κ1) is 15.6. The second kappa shape index (κ2) is 6.19. The highest BCUT2D eigenvalue weighted by Gasteiger charge is 2.25. The molecule has 0 saturated carbocycles. The molecule has 4 rings (SSSR count). The molecule has 1 aromatic carbocycles. The van der Waals surface area contributed by atoms with Crippen molar-refractivity contribution in [3.8, 4) is 0 Å². The van der Waals surface area contributed by atoms with Gasteiger partial charge in [0.15, 0.2) is 17.3 Å². The molecule has 130 valence electrons. The van der Waals surface area contributed by atoms with Gasteiger partial charge in [-0.05, 0) is 25.0 Å². The Morgan fingerprint density at radius 1 is 1.40 bits per heavy atom. The van der Waals surface area contributed by atoms with Gasteiger partial charge in [-0.3, -0.25) is 0 Å². The number of urea groups is 1. The molecule has 2 amide bonds. The molecule has 2 N–H and O–H groups in total. The van der Waals surface area contributed by atoms with Gasteiger partial charge in [0.25, 0.3) is 0 Å². The van der Waals surface area contributed by atoms with Crippen LogP contribution >= 0.6 is 0 Å². The summed E-state index contributed by atoms with van der Waals surface area (Å²) < 4.78 is 7.40. The number of carbonyl (C=O) groups excluding carboxylic acids is 1. The van der Waals surface area contributed by atoms with Crippen molar-refractivity contribution in [3.63, 3.8) is 0 Å². The minimum absolute atomic E-state index is 0.127. The van der Waals surface area contributed by atoms with Crippen molar-refractivity contribution in [2.75, 3.05) is 5.32 Å². The fourth-order valence-corrected chi connectivity index (χ4v) is 3.13. The second-order valence-corrected chi connectivity index (χ2v) is 6.17. The van der Waals surface area contributed by atoms with Gasteiger partial charge in [0.05, 0.1) is 6.04 Å². The summed E-state index contributed by atoms with van der Waals surface area (Å²) in [7, 11) is 0. The Hall–Kier alpha value is -2.90. The van der Waals surface area contributed by atoms with Gasteiger partial charge >= 0.3 is 6.03 Å². The van der Waals surface area contributed by atoms with Gasteiger partial charge in [0, 0.05) is 31.6 Å². The number of nitrogens with one attached hydrogen (secondary N) is 2. The summed E-state index contributed by atoms with van der Waals surface area (Å²) in [6, 6.07) is 5.01. The van der Waals surface area contributed by atoms with Crippen LogP contribution in [0.4, 0.5) is 10.5 Å². The molecule has 0 bridgehead atoms. The number of hydrogen-bond acceptors (Lipinski definition) is 5. The van der Waals surface area contributed by atoms with Crippen molar-refractivity contribution >= 4 is 22.8 Å². The van der Waals surface area contributed by atoms with Crippen LogP contribution in [-0.2, 0) is 13.0 Å². The average Bonchev–Trinajstić information content (AvgIpc) is 3.17. The van der Waals surface area contributed by atoms with Crippen LogP contribution in [0, 0.1) is 6.92 Å². The van der Waals surface area contributed by atoms with Crippen molar-refractivity contribution in [2.24, 2.45) is 0 Å². The molecule has 0 fully saturated rings. The smallest absolute Gasteiger partial charge is 0.319 e. The highest BCUT2D eigenvalue weighted by molar-refractivity contribution is 5.91. The van der Waals surface area contributed by atoms with Crippen molar-refractivity contribution in [1.29, 1.82) is 0 Å². The van der Waals surface area contributed by atoms with Crippen molar-refractivity contribution in [3.05, 3.63) is 35.7 Å². The van der Waals surface area contributed by atoms with Gasteiger partial charge in [0.2, 0.25) is 0 Å². The third-order valence-corrected chi connectivity index (χ3v) is 4.29. The van der Waals surface area contributed by atoms with Crippen LogP contribution in [0.2, 0.25) is 0 Å². The maximum atomic E-state index is 12.4. The van der Waals surface area contributed by atoms with E-state index < -0.39 is 0 Å². The van der Waals surface area contributed by atoms with Crippen molar-refractivity contribution < 1.29 is 9.21 Å². The van der Waals surface area contributed by atoms with Crippen LogP contribution in [0.3, 0.4) is 0 Å². The van der Waals surface area contributed by atoms with Crippen LogP contribution in [0.5, 0.6) is 0 Å². The van der Waals surface area contributed by atoms with E-state index in [0.717, 1.165) is 43.0 Å². The van der Waals surface area contributed by atoms with Crippen LogP contribution in [0.1, 0.15) is 43.3 Å². The van der Waals surface area contributed by atoms with Gasteiger partial charge in [-0.2, -0.15) is 5.10 Å². The minimum Gasteiger partial charge on any atom is -0.441 e. The summed E-state index contributed by atoms with van der Waals surface area (Å²) in [4.78, 5) is 21.2. The molecule has 0 aliphatic carbocycles. The number of aromatic nitrogens is 4. The van der Waals surface area contributed by atoms with E-state index in [1.165, 1.54) is 0 Å². The average molecular weight is 340 g/mol. The van der Waals surface area contributed by atoms with E-state index >= 15 is 0 Å². The van der Waals surface area contributed by atoms with Gasteiger partial charge < -0.3 is 15.1 Å². The highest BCUT2D eigenvalue weighted by Crippen LogP contribution is 2.24. The third-order valence-electron chi connectivity index (χ3n) is 4.29. The number of aryl methyl sites for hydroxylation is 3. The van der Waals surface area contributed by atoms with Crippen molar-refractivity contribution in [2.45, 2.75) is 45.7 Å².